The van der Waals surface area contributed by atoms with Crippen LogP contribution >= 0.6 is 0 Å². The van der Waals surface area contributed by atoms with Gasteiger partial charge in [0.25, 0.3) is 5.91 Å². The molecule has 160 valence electrons. The van der Waals surface area contributed by atoms with Crippen LogP contribution in [0.5, 0.6) is 5.75 Å². The van der Waals surface area contributed by atoms with Gasteiger partial charge in [0.1, 0.15) is 5.82 Å². The van der Waals surface area contributed by atoms with Crippen LogP contribution in [0.2, 0.25) is 0 Å². The van der Waals surface area contributed by atoms with E-state index in [1.165, 1.54) is 33.5 Å². The molecule has 1 aliphatic heterocycles. The topological polar surface area (TPSA) is 110 Å². The molecule has 2 aromatic rings. The predicted octanol–water partition coefficient (Wildman–Crippen LogP) is 1.95. The Balaban J connectivity index is 1.59. The third-order valence-corrected chi connectivity index (χ3v) is 6.62. The Bertz CT molecular complexity index is 1050. The number of carbonyl (C=O) groups is 1. The van der Waals surface area contributed by atoms with Crippen molar-refractivity contribution in [1.82, 2.24) is 9.21 Å². The molecular formula is C19H20FN3O6S. The summed E-state index contributed by atoms with van der Waals surface area (Å²) in [6.07, 6.45) is 0. The van der Waals surface area contributed by atoms with Gasteiger partial charge in [0, 0.05) is 32.2 Å². The molecule has 0 unspecified atom stereocenters. The number of benzene rings is 2. The van der Waals surface area contributed by atoms with Crippen LogP contribution in [-0.4, -0.2) is 61.2 Å². The summed E-state index contributed by atoms with van der Waals surface area (Å²) in [4.78, 5) is 24.4. The van der Waals surface area contributed by atoms with Gasteiger partial charge >= 0.3 is 5.69 Å². The molecule has 9 nitrogen and oxygen atoms in total. The summed E-state index contributed by atoms with van der Waals surface area (Å²) < 4.78 is 44.9. The van der Waals surface area contributed by atoms with Crippen molar-refractivity contribution >= 4 is 21.6 Å². The molecule has 1 saturated heterocycles. The number of nitro groups is 1. The molecule has 2 aromatic carbocycles. The minimum absolute atomic E-state index is 0.00544. The molecule has 3 rings (SSSR count). The van der Waals surface area contributed by atoms with Crippen molar-refractivity contribution in [3.8, 4) is 5.75 Å². The maximum absolute atomic E-state index is 13.0. The first-order valence-corrected chi connectivity index (χ1v) is 10.5. The summed E-state index contributed by atoms with van der Waals surface area (Å²) in [7, 11) is -3.78. The van der Waals surface area contributed by atoms with E-state index in [4.69, 9.17) is 4.74 Å². The number of nitrogens with zero attached hydrogens (tertiary/aromatic N) is 3. The van der Waals surface area contributed by atoms with Crippen molar-refractivity contribution in [2.24, 2.45) is 0 Å². The quantitative estimate of drug-likeness (QED) is 0.505. The average molecular weight is 437 g/mol. The molecule has 0 aromatic heterocycles. The second-order valence-electron chi connectivity index (χ2n) is 6.76. The molecule has 0 saturated carbocycles. The second kappa shape index (κ2) is 8.76. The van der Waals surface area contributed by atoms with Crippen LogP contribution in [-0.2, 0) is 14.8 Å². The van der Waals surface area contributed by atoms with Crippen LogP contribution < -0.4 is 4.74 Å². The molecular weight excluding hydrogens is 417 g/mol. The number of amides is 1. The first-order valence-electron chi connectivity index (χ1n) is 9.10. The van der Waals surface area contributed by atoms with Crippen molar-refractivity contribution in [2.75, 3.05) is 32.8 Å². The van der Waals surface area contributed by atoms with E-state index in [1.54, 1.807) is 13.0 Å². The van der Waals surface area contributed by atoms with Crippen molar-refractivity contribution < 1.29 is 27.3 Å². The number of rotatable bonds is 6. The highest BCUT2D eigenvalue weighted by atomic mass is 32.2. The fourth-order valence-corrected chi connectivity index (χ4v) is 4.47. The largest absolute Gasteiger partial charge is 0.477 e. The number of ether oxygens (including phenoxy) is 1. The van der Waals surface area contributed by atoms with E-state index in [-0.39, 0.29) is 42.5 Å². The maximum atomic E-state index is 13.0. The molecule has 1 heterocycles. The molecule has 0 radical (unpaired) electrons. The molecule has 1 aliphatic rings. The Morgan fingerprint density at radius 2 is 1.77 bits per heavy atom. The molecule has 0 spiro atoms. The van der Waals surface area contributed by atoms with E-state index >= 15 is 0 Å². The van der Waals surface area contributed by atoms with Gasteiger partial charge in [-0.1, -0.05) is 6.07 Å². The van der Waals surface area contributed by atoms with Gasteiger partial charge in [-0.3, -0.25) is 14.9 Å². The number of hydrogen-bond acceptors (Lipinski definition) is 6. The smallest absolute Gasteiger partial charge is 0.310 e. The van der Waals surface area contributed by atoms with Crippen molar-refractivity contribution in [3.63, 3.8) is 0 Å². The Hall–Kier alpha value is -3.05. The lowest BCUT2D eigenvalue weighted by Gasteiger charge is -2.33. The zero-order valence-corrected chi connectivity index (χ0v) is 17.0. The SMILES string of the molecule is Cc1ccc([N+](=O)[O-])c(OCC(=O)N2CCN(S(=O)(=O)c3ccc(F)cc3)CC2)c1. The fourth-order valence-electron chi connectivity index (χ4n) is 3.05. The van der Waals surface area contributed by atoms with Gasteiger partial charge in [-0.2, -0.15) is 4.31 Å². The molecule has 30 heavy (non-hydrogen) atoms. The van der Waals surface area contributed by atoms with Crippen molar-refractivity contribution in [3.05, 3.63) is 64.0 Å². The maximum Gasteiger partial charge on any atom is 0.310 e. The van der Waals surface area contributed by atoms with Crippen molar-refractivity contribution in [2.45, 2.75) is 11.8 Å². The number of hydrogen-bond donors (Lipinski definition) is 0. The number of nitro benzene ring substituents is 1. The number of aryl methyl sites for hydroxylation is 1. The van der Waals surface area contributed by atoms with E-state index in [9.17, 15) is 27.7 Å². The van der Waals surface area contributed by atoms with E-state index < -0.39 is 33.3 Å². The molecule has 0 atom stereocenters. The van der Waals surface area contributed by atoms with Crippen molar-refractivity contribution in [1.29, 1.82) is 0 Å². The highest BCUT2D eigenvalue weighted by molar-refractivity contribution is 7.89. The zero-order chi connectivity index (χ0) is 21.9. The van der Waals surface area contributed by atoms with E-state index in [1.807, 2.05) is 0 Å². The molecule has 0 aliphatic carbocycles. The molecule has 1 amide bonds. The Morgan fingerprint density at radius 1 is 1.13 bits per heavy atom. The predicted molar refractivity (Wildman–Crippen MR) is 105 cm³/mol. The molecule has 11 heteroatoms. The van der Waals surface area contributed by atoms with Gasteiger partial charge in [-0.15, -0.1) is 0 Å². The third kappa shape index (κ3) is 4.74. The summed E-state index contributed by atoms with van der Waals surface area (Å²) in [5.74, 6) is -0.922. The first kappa shape index (κ1) is 21.7. The number of carbonyl (C=O) groups excluding carboxylic acids is 1. The van der Waals surface area contributed by atoms with Crippen LogP contribution in [0.25, 0.3) is 0 Å². The Kier molecular flexibility index (Phi) is 6.32. The van der Waals surface area contributed by atoms with E-state index in [2.05, 4.69) is 0 Å². The lowest BCUT2D eigenvalue weighted by atomic mass is 10.2. The Labute approximate surface area is 172 Å². The second-order valence-corrected chi connectivity index (χ2v) is 8.69. The van der Waals surface area contributed by atoms with Crippen LogP contribution in [0.4, 0.5) is 10.1 Å². The van der Waals surface area contributed by atoms with E-state index in [0.717, 1.165) is 17.7 Å². The van der Waals surface area contributed by atoms with Gasteiger partial charge in [-0.05, 0) is 42.8 Å². The first-order chi connectivity index (χ1) is 14.2. The molecule has 0 N–H and O–H groups in total. The van der Waals surface area contributed by atoms with Gasteiger partial charge in [0.15, 0.2) is 12.4 Å². The highest BCUT2D eigenvalue weighted by Crippen LogP contribution is 2.27. The number of halogens is 1. The minimum Gasteiger partial charge on any atom is -0.477 e. The van der Waals surface area contributed by atoms with Gasteiger partial charge in [0.05, 0.1) is 9.82 Å². The normalized spacial score (nSPS) is 15.1. The summed E-state index contributed by atoms with van der Waals surface area (Å²) in [5.41, 5.74) is 0.520. The number of sulfonamides is 1. The lowest BCUT2D eigenvalue weighted by Crippen LogP contribution is -2.51. The van der Waals surface area contributed by atoms with Gasteiger partial charge < -0.3 is 9.64 Å². The third-order valence-electron chi connectivity index (χ3n) is 4.71. The minimum atomic E-state index is -3.78. The zero-order valence-electron chi connectivity index (χ0n) is 16.2. The molecule has 0 bridgehead atoms. The summed E-state index contributed by atoms with van der Waals surface area (Å²) in [5, 5.41) is 11.1. The highest BCUT2D eigenvalue weighted by Gasteiger charge is 2.30. The van der Waals surface area contributed by atoms with Gasteiger partial charge in [0.2, 0.25) is 10.0 Å². The molecule has 1 fully saturated rings. The summed E-state index contributed by atoms with van der Waals surface area (Å²) >= 11 is 0. The fraction of sp³-hybridized carbons (Fsp3) is 0.316. The van der Waals surface area contributed by atoms with Gasteiger partial charge in [-0.25, -0.2) is 12.8 Å². The van der Waals surface area contributed by atoms with E-state index in [0.29, 0.717) is 0 Å². The Morgan fingerprint density at radius 3 is 2.37 bits per heavy atom. The number of piperazine rings is 1. The summed E-state index contributed by atoms with van der Waals surface area (Å²) in [6.45, 7) is 1.82. The van der Waals surface area contributed by atoms with Crippen LogP contribution in [0, 0.1) is 22.9 Å². The van der Waals surface area contributed by atoms with Crippen LogP contribution in [0.3, 0.4) is 0 Å². The average Bonchev–Trinajstić information content (AvgIpc) is 2.72. The van der Waals surface area contributed by atoms with Crippen LogP contribution in [0.1, 0.15) is 5.56 Å². The monoisotopic (exact) mass is 437 g/mol. The van der Waals surface area contributed by atoms with Crippen LogP contribution in [0.15, 0.2) is 47.4 Å². The summed E-state index contributed by atoms with van der Waals surface area (Å²) in [6, 6.07) is 8.93. The standard InChI is InChI=1S/C19H20FN3O6S/c1-14-2-7-17(23(25)26)18(12-14)29-13-19(24)21-8-10-22(11-9-21)30(27,28)16-5-3-15(20)4-6-16/h2-7,12H,8-11,13H2,1H3. The lowest BCUT2D eigenvalue weighted by molar-refractivity contribution is -0.385.